The van der Waals surface area contributed by atoms with Crippen LogP contribution in [-0.4, -0.2) is 36.7 Å². The molecule has 0 spiro atoms. The maximum atomic E-state index is 11.9. The number of para-hydroxylation sites is 1. The van der Waals surface area contributed by atoms with Gasteiger partial charge < -0.3 is 24.8 Å². The fourth-order valence-electron chi connectivity index (χ4n) is 2.23. The molecule has 0 fully saturated rings. The highest BCUT2D eigenvalue weighted by molar-refractivity contribution is 5.92. The van der Waals surface area contributed by atoms with Crippen LogP contribution in [0.15, 0.2) is 54.6 Å². The molecular weight excluding hydrogens is 388 g/mol. The van der Waals surface area contributed by atoms with E-state index in [-0.39, 0.29) is 13.0 Å². The first-order chi connectivity index (χ1) is 14.2. The Hall–Kier alpha value is -3.55. The first-order valence-electron chi connectivity index (χ1n) is 9.46. The number of hydrogen-bond acceptors (Lipinski definition) is 6. The van der Waals surface area contributed by atoms with E-state index >= 15 is 0 Å². The molecule has 2 rings (SSSR count). The van der Waals surface area contributed by atoms with Gasteiger partial charge in [-0.3, -0.25) is 9.59 Å². The second-order valence-electron chi connectivity index (χ2n) is 7.33. The van der Waals surface area contributed by atoms with E-state index in [0.717, 1.165) is 0 Å². The molecule has 0 bridgehead atoms. The minimum Gasteiger partial charge on any atom is -0.457 e. The first kappa shape index (κ1) is 22.7. The Morgan fingerprint density at radius 3 is 2.17 bits per heavy atom. The molecule has 8 nitrogen and oxygen atoms in total. The molecule has 2 aromatic carbocycles. The lowest BCUT2D eigenvalue weighted by molar-refractivity contribution is -0.147. The molecule has 160 valence electrons. The molecule has 0 saturated heterocycles. The molecule has 0 saturated carbocycles. The Bertz CT molecular complexity index is 844. The Kier molecular flexibility index (Phi) is 8.22. The molecule has 0 aliphatic carbocycles. The second kappa shape index (κ2) is 10.8. The number of rotatable bonds is 8. The van der Waals surface area contributed by atoms with Gasteiger partial charge in [-0.25, -0.2) is 4.79 Å². The number of ether oxygens (including phenoxy) is 3. The third kappa shape index (κ3) is 9.09. The van der Waals surface area contributed by atoms with Crippen molar-refractivity contribution in [1.82, 2.24) is 5.32 Å². The van der Waals surface area contributed by atoms with Gasteiger partial charge in [0.1, 0.15) is 17.1 Å². The van der Waals surface area contributed by atoms with Crippen LogP contribution in [0.3, 0.4) is 0 Å². The van der Waals surface area contributed by atoms with Crippen LogP contribution in [0.1, 0.15) is 27.2 Å². The molecular formula is C22H26N2O6. The van der Waals surface area contributed by atoms with E-state index in [1.165, 1.54) is 0 Å². The summed E-state index contributed by atoms with van der Waals surface area (Å²) in [4.78, 5) is 35.1. The quantitative estimate of drug-likeness (QED) is 0.636. The van der Waals surface area contributed by atoms with Gasteiger partial charge in [0.05, 0.1) is 6.42 Å². The summed E-state index contributed by atoms with van der Waals surface area (Å²) in [5, 5.41) is 5.07. The number of benzene rings is 2. The van der Waals surface area contributed by atoms with Crippen molar-refractivity contribution in [3.8, 4) is 11.5 Å². The van der Waals surface area contributed by atoms with Gasteiger partial charge in [-0.1, -0.05) is 18.2 Å². The molecule has 0 atom stereocenters. The summed E-state index contributed by atoms with van der Waals surface area (Å²) in [5.74, 6) is 0.262. The zero-order valence-corrected chi connectivity index (χ0v) is 17.3. The largest absolute Gasteiger partial charge is 0.457 e. The molecule has 2 N–H and O–H groups in total. The van der Waals surface area contributed by atoms with E-state index in [1.54, 1.807) is 45.0 Å². The molecule has 0 aromatic heterocycles. The number of carbonyl (C=O) groups excluding carboxylic acids is 3. The van der Waals surface area contributed by atoms with Crippen molar-refractivity contribution in [1.29, 1.82) is 0 Å². The topological polar surface area (TPSA) is 103 Å². The van der Waals surface area contributed by atoms with Crippen LogP contribution in [0.25, 0.3) is 0 Å². The van der Waals surface area contributed by atoms with Crippen molar-refractivity contribution in [2.45, 2.75) is 32.8 Å². The van der Waals surface area contributed by atoms with E-state index < -0.39 is 30.2 Å². The molecule has 0 radical (unpaired) electrons. The Labute approximate surface area is 175 Å². The zero-order chi connectivity index (χ0) is 22.0. The van der Waals surface area contributed by atoms with Crippen molar-refractivity contribution in [2.24, 2.45) is 0 Å². The number of alkyl carbamates (subject to hydrolysis) is 1. The van der Waals surface area contributed by atoms with Gasteiger partial charge in [0, 0.05) is 12.2 Å². The number of anilines is 1. The minimum absolute atomic E-state index is 0.0538. The molecule has 0 aliphatic heterocycles. The smallest absolute Gasteiger partial charge is 0.407 e. The summed E-state index contributed by atoms with van der Waals surface area (Å²) in [5.41, 5.74) is -0.0720. The van der Waals surface area contributed by atoms with Gasteiger partial charge in [-0.05, 0) is 57.2 Å². The predicted molar refractivity (Wildman–Crippen MR) is 111 cm³/mol. The highest BCUT2D eigenvalue weighted by atomic mass is 16.6. The van der Waals surface area contributed by atoms with E-state index in [0.29, 0.717) is 17.2 Å². The van der Waals surface area contributed by atoms with Gasteiger partial charge in [-0.15, -0.1) is 0 Å². The fourth-order valence-corrected chi connectivity index (χ4v) is 2.23. The second-order valence-corrected chi connectivity index (χ2v) is 7.33. The highest BCUT2D eigenvalue weighted by Crippen LogP contribution is 2.22. The lowest BCUT2D eigenvalue weighted by atomic mass is 10.2. The number of hydrogen-bond donors (Lipinski definition) is 2. The maximum Gasteiger partial charge on any atom is 0.407 e. The first-order valence-corrected chi connectivity index (χ1v) is 9.46. The van der Waals surface area contributed by atoms with Crippen LogP contribution in [0.4, 0.5) is 10.5 Å². The maximum absolute atomic E-state index is 11.9. The molecule has 30 heavy (non-hydrogen) atoms. The molecule has 0 unspecified atom stereocenters. The van der Waals surface area contributed by atoms with E-state index in [1.807, 2.05) is 30.3 Å². The molecule has 0 heterocycles. The van der Waals surface area contributed by atoms with Crippen LogP contribution >= 0.6 is 0 Å². The summed E-state index contributed by atoms with van der Waals surface area (Å²) in [7, 11) is 0. The normalized spacial score (nSPS) is 10.6. The van der Waals surface area contributed by atoms with E-state index in [2.05, 4.69) is 10.6 Å². The zero-order valence-electron chi connectivity index (χ0n) is 17.3. The lowest BCUT2D eigenvalue weighted by Gasteiger charge is -2.19. The fraction of sp³-hybridized carbons (Fsp3) is 0.318. The SMILES string of the molecule is CC(C)(C)OC(=O)NCCC(=O)OCC(=O)Nc1ccc(Oc2ccccc2)cc1. The van der Waals surface area contributed by atoms with Crippen LogP contribution in [0.2, 0.25) is 0 Å². The number of nitrogens with one attached hydrogen (secondary N) is 2. The summed E-state index contributed by atoms with van der Waals surface area (Å²) >= 11 is 0. The van der Waals surface area contributed by atoms with Crippen molar-refractivity contribution in [3.63, 3.8) is 0 Å². The Morgan fingerprint density at radius 2 is 1.53 bits per heavy atom. The average Bonchev–Trinajstić information content (AvgIpc) is 2.67. The molecule has 2 amide bonds. The number of amides is 2. The third-order valence-corrected chi connectivity index (χ3v) is 3.48. The molecule has 0 aliphatic rings. The van der Waals surface area contributed by atoms with Gasteiger partial charge >= 0.3 is 12.1 Å². The molecule has 8 heteroatoms. The number of carbonyl (C=O) groups is 3. The average molecular weight is 414 g/mol. The summed E-state index contributed by atoms with van der Waals surface area (Å²) in [6.45, 7) is 4.85. The summed E-state index contributed by atoms with van der Waals surface area (Å²) in [6.07, 6.45) is -0.689. The third-order valence-electron chi connectivity index (χ3n) is 3.48. The van der Waals surface area contributed by atoms with Crippen molar-refractivity contribution in [3.05, 3.63) is 54.6 Å². The van der Waals surface area contributed by atoms with E-state index in [9.17, 15) is 14.4 Å². The van der Waals surface area contributed by atoms with Gasteiger partial charge in [0.2, 0.25) is 0 Å². The van der Waals surface area contributed by atoms with Gasteiger partial charge in [-0.2, -0.15) is 0 Å². The highest BCUT2D eigenvalue weighted by Gasteiger charge is 2.16. The van der Waals surface area contributed by atoms with Crippen LogP contribution in [0, 0.1) is 0 Å². The van der Waals surface area contributed by atoms with Gasteiger partial charge in [0.15, 0.2) is 6.61 Å². The van der Waals surface area contributed by atoms with Crippen molar-refractivity contribution < 1.29 is 28.6 Å². The van der Waals surface area contributed by atoms with Crippen molar-refractivity contribution >= 4 is 23.7 Å². The predicted octanol–water partition coefficient (Wildman–Crippen LogP) is 3.88. The Balaban J connectivity index is 1.66. The van der Waals surface area contributed by atoms with E-state index in [4.69, 9.17) is 14.2 Å². The lowest BCUT2D eigenvalue weighted by Crippen LogP contribution is -2.34. The summed E-state index contributed by atoms with van der Waals surface area (Å²) < 4.78 is 15.6. The van der Waals surface area contributed by atoms with Crippen LogP contribution in [0.5, 0.6) is 11.5 Å². The standard InChI is InChI=1S/C22H26N2O6/c1-22(2,3)30-21(27)23-14-13-20(26)28-15-19(25)24-16-9-11-18(12-10-16)29-17-7-5-4-6-8-17/h4-12H,13-15H2,1-3H3,(H,23,27)(H,24,25). The minimum atomic E-state index is -0.618. The van der Waals surface area contributed by atoms with Crippen LogP contribution < -0.4 is 15.4 Å². The monoisotopic (exact) mass is 414 g/mol. The van der Waals surface area contributed by atoms with Gasteiger partial charge in [0.25, 0.3) is 5.91 Å². The Morgan fingerprint density at radius 1 is 0.900 bits per heavy atom. The molecule has 2 aromatic rings. The number of esters is 1. The summed E-state index contributed by atoms with van der Waals surface area (Å²) in [6, 6.07) is 16.1. The van der Waals surface area contributed by atoms with Crippen molar-refractivity contribution in [2.75, 3.05) is 18.5 Å². The van der Waals surface area contributed by atoms with Crippen LogP contribution in [-0.2, 0) is 19.1 Å².